The van der Waals surface area contributed by atoms with Gasteiger partial charge in [-0.05, 0) is 45.4 Å². The molecule has 0 radical (unpaired) electrons. The van der Waals surface area contributed by atoms with E-state index in [4.69, 9.17) is 4.74 Å². The normalized spacial score (nSPS) is 18.3. The first-order chi connectivity index (χ1) is 7.29. The van der Waals surface area contributed by atoms with E-state index in [1.165, 1.54) is 19.3 Å². The van der Waals surface area contributed by atoms with Crippen LogP contribution in [0.2, 0.25) is 0 Å². The Morgan fingerprint density at radius 2 is 2.27 bits per heavy atom. The van der Waals surface area contributed by atoms with Gasteiger partial charge in [-0.1, -0.05) is 0 Å². The monoisotopic (exact) mass is 206 g/mol. The van der Waals surface area contributed by atoms with Crippen LogP contribution in [0.15, 0.2) is 18.3 Å². The van der Waals surface area contributed by atoms with Crippen molar-refractivity contribution in [3.8, 4) is 5.75 Å². The smallest absolute Gasteiger partial charge is 0.138 e. The molecule has 1 aliphatic rings. The molecule has 2 rings (SSSR count). The molecule has 1 atom stereocenters. The molecule has 1 N–H and O–H groups in total. The predicted molar refractivity (Wildman–Crippen MR) is 60.0 cm³/mol. The number of pyridine rings is 1. The highest BCUT2D eigenvalue weighted by Gasteiger charge is 2.19. The molecule has 0 aliphatic heterocycles. The van der Waals surface area contributed by atoms with Gasteiger partial charge in [-0.2, -0.15) is 0 Å². The lowest BCUT2D eigenvalue weighted by atomic mass is 9.96. The first-order valence-corrected chi connectivity index (χ1v) is 5.59. The molecule has 82 valence electrons. The van der Waals surface area contributed by atoms with Gasteiger partial charge in [0.15, 0.2) is 0 Å². The van der Waals surface area contributed by atoms with Crippen LogP contribution in [-0.2, 0) is 0 Å². The number of ether oxygens (including phenoxy) is 1. The average molecular weight is 206 g/mol. The minimum Gasteiger partial charge on any atom is -0.489 e. The minimum absolute atomic E-state index is 0.294. The van der Waals surface area contributed by atoms with Gasteiger partial charge in [0.1, 0.15) is 5.75 Å². The van der Waals surface area contributed by atoms with E-state index in [2.05, 4.69) is 17.2 Å². The molecule has 15 heavy (non-hydrogen) atoms. The lowest BCUT2D eigenvalue weighted by molar-refractivity contribution is 0.120. The van der Waals surface area contributed by atoms with E-state index in [1.807, 2.05) is 25.4 Å². The molecule has 0 spiro atoms. The molecule has 0 saturated heterocycles. The van der Waals surface area contributed by atoms with Crippen LogP contribution in [0, 0.1) is 0 Å². The van der Waals surface area contributed by atoms with Crippen LogP contribution in [0.3, 0.4) is 0 Å². The molecule has 0 aromatic carbocycles. The van der Waals surface area contributed by atoms with E-state index in [-0.39, 0.29) is 0 Å². The van der Waals surface area contributed by atoms with E-state index in [9.17, 15) is 0 Å². The number of nitrogens with zero attached hydrogens (tertiary/aromatic N) is 1. The first kappa shape index (κ1) is 10.4. The Morgan fingerprint density at radius 3 is 2.73 bits per heavy atom. The summed E-state index contributed by atoms with van der Waals surface area (Å²) in [5.74, 6) is 0.895. The summed E-state index contributed by atoms with van der Waals surface area (Å²) < 4.78 is 5.74. The molecule has 1 saturated carbocycles. The predicted octanol–water partition coefficient (Wildman–Crippen LogP) is 2.29. The van der Waals surface area contributed by atoms with Crippen molar-refractivity contribution < 1.29 is 4.74 Å². The zero-order valence-electron chi connectivity index (χ0n) is 9.36. The largest absolute Gasteiger partial charge is 0.489 e. The Labute approximate surface area is 90.9 Å². The summed E-state index contributed by atoms with van der Waals surface area (Å²) in [4.78, 5) is 4.37. The van der Waals surface area contributed by atoms with Gasteiger partial charge in [0, 0.05) is 6.04 Å². The standard InChI is InChI=1S/C12H18N2O/c1-9(13-2)12-7-6-11(8-14-12)15-10-4-3-5-10/h6-10,13H,3-5H2,1-2H3. The Hall–Kier alpha value is -1.09. The third-order valence-electron chi connectivity index (χ3n) is 2.99. The molecule has 1 aromatic rings. The van der Waals surface area contributed by atoms with Crippen LogP contribution in [0.1, 0.15) is 37.9 Å². The summed E-state index contributed by atoms with van der Waals surface area (Å²) >= 11 is 0. The number of nitrogens with one attached hydrogen (secondary N) is 1. The van der Waals surface area contributed by atoms with Gasteiger partial charge in [-0.3, -0.25) is 4.98 Å². The summed E-state index contributed by atoms with van der Waals surface area (Å²) in [6.45, 7) is 2.09. The van der Waals surface area contributed by atoms with Crippen LogP contribution in [0.5, 0.6) is 5.75 Å². The molecule has 1 heterocycles. The molecule has 1 unspecified atom stereocenters. The maximum atomic E-state index is 5.74. The second-order valence-corrected chi connectivity index (χ2v) is 4.10. The third kappa shape index (κ3) is 2.48. The van der Waals surface area contributed by atoms with Crippen LogP contribution >= 0.6 is 0 Å². The molecular formula is C12H18N2O. The van der Waals surface area contributed by atoms with Gasteiger partial charge < -0.3 is 10.1 Å². The molecule has 0 bridgehead atoms. The zero-order valence-corrected chi connectivity index (χ0v) is 9.36. The number of hydrogen-bond acceptors (Lipinski definition) is 3. The summed E-state index contributed by atoms with van der Waals surface area (Å²) in [7, 11) is 1.94. The second-order valence-electron chi connectivity index (χ2n) is 4.10. The van der Waals surface area contributed by atoms with E-state index in [1.54, 1.807) is 0 Å². The Balaban J connectivity index is 1.96. The van der Waals surface area contributed by atoms with Crippen LogP contribution in [0.25, 0.3) is 0 Å². The number of aromatic nitrogens is 1. The van der Waals surface area contributed by atoms with Gasteiger partial charge in [-0.15, -0.1) is 0 Å². The highest BCUT2D eigenvalue weighted by Crippen LogP contribution is 2.25. The number of rotatable bonds is 4. The molecule has 1 fully saturated rings. The van der Waals surface area contributed by atoms with Gasteiger partial charge in [-0.25, -0.2) is 0 Å². The topological polar surface area (TPSA) is 34.1 Å². The van der Waals surface area contributed by atoms with E-state index >= 15 is 0 Å². The molecule has 3 nitrogen and oxygen atoms in total. The lowest BCUT2D eigenvalue weighted by Gasteiger charge is -2.26. The third-order valence-corrected chi connectivity index (χ3v) is 2.99. The quantitative estimate of drug-likeness (QED) is 0.820. The maximum absolute atomic E-state index is 5.74. The van der Waals surface area contributed by atoms with Crippen molar-refractivity contribution in [2.75, 3.05) is 7.05 Å². The molecular weight excluding hydrogens is 188 g/mol. The van der Waals surface area contributed by atoms with Gasteiger partial charge in [0.05, 0.1) is 18.0 Å². The summed E-state index contributed by atoms with van der Waals surface area (Å²) in [6, 6.07) is 4.33. The summed E-state index contributed by atoms with van der Waals surface area (Å²) in [5.41, 5.74) is 1.05. The first-order valence-electron chi connectivity index (χ1n) is 5.59. The molecule has 1 aromatic heterocycles. The van der Waals surface area contributed by atoms with Gasteiger partial charge >= 0.3 is 0 Å². The van der Waals surface area contributed by atoms with Gasteiger partial charge in [0.2, 0.25) is 0 Å². The molecule has 0 amide bonds. The highest BCUT2D eigenvalue weighted by atomic mass is 16.5. The average Bonchev–Trinajstić information content (AvgIpc) is 2.23. The minimum atomic E-state index is 0.294. The SMILES string of the molecule is CNC(C)c1ccc(OC2CCC2)cn1. The van der Waals surface area contributed by atoms with Crippen molar-refractivity contribution in [3.63, 3.8) is 0 Å². The second kappa shape index (κ2) is 4.62. The number of hydrogen-bond donors (Lipinski definition) is 1. The van der Waals surface area contributed by atoms with Crippen LogP contribution < -0.4 is 10.1 Å². The van der Waals surface area contributed by atoms with Crippen molar-refractivity contribution in [3.05, 3.63) is 24.0 Å². The van der Waals surface area contributed by atoms with Crippen LogP contribution in [-0.4, -0.2) is 18.1 Å². The van der Waals surface area contributed by atoms with E-state index in [0.29, 0.717) is 12.1 Å². The fourth-order valence-corrected chi connectivity index (χ4v) is 1.55. The summed E-state index contributed by atoms with van der Waals surface area (Å²) in [5, 5.41) is 3.16. The maximum Gasteiger partial charge on any atom is 0.138 e. The summed E-state index contributed by atoms with van der Waals surface area (Å²) in [6.07, 6.45) is 5.93. The van der Waals surface area contributed by atoms with Crippen LogP contribution in [0.4, 0.5) is 0 Å². The van der Waals surface area contributed by atoms with Crippen molar-refractivity contribution in [2.24, 2.45) is 0 Å². The molecule has 1 aliphatic carbocycles. The van der Waals surface area contributed by atoms with Crippen molar-refractivity contribution in [1.29, 1.82) is 0 Å². The lowest BCUT2D eigenvalue weighted by Crippen LogP contribution is -2.24. The van der Waals surface area contributed by atoms with Crippen molar-refractivity contribution in [2.45, 2.75) is 38.3 Å². The Bertz CT molecular complexity index is 306. The Morgan fingerprint density at radius 1 is 1.47 bits per heavy atom. The Kier molecular flexibility index (Phi) is 3.21. The van der Waals surface area contributed by atoms with E-state index in [0.717, 1.165) is 11.4 Å². The van der Waals surface area contributed by atoms with Crippen molar-refractivity contribution in [1.82, 2.24) is 10.3 Å². The van der Waals surface area contributed by atoms with Crippen molar-refractivity contribution >= 4 is 0 Å². The zero-order chi connectivity index (χ0) is 10.7. The molecule has 3 heteroatoms. The fourth-order valence-electron chi connectivity index (χ4n) is 1.55. The fraction of sp³-hybridized carbons (Fsp3) is 0.583. The van der Waals surface area contributed by atoms with E-state index < -0.39 is 0 Å². The van der Waals surface area contributed by atoms with Gasteiger partial charge in [0.25, 0.3) is 0 Å². The highest BCUT2D eigenvalue weighted by molar-refractivity contribution is 5.21.